The van der Waals surface area contributed by atoms with E-state index < -0.39 is 0 Å². The molecule has 0 aliphatic carbocycles. The van der Waals surface area contributed by atoms with Crippen molar-refractivity contribution in [3.05, 3.63) is 48.0 Å². The highest BCUT2D eigenvalue weighted by molar-refractivity contribution is 5.97. The van der Waals surface area contributed by atoms with Crippen molar-refractivity contribution >= 4 is 16.8 Å². The zero-order valence-corrected chi connectivity index (χ0v) is 12.2. The number of nitrogens with one attached hydrogen (secondary N) is 1. The highest BCUT2D eigenvalue weighted by Crippen LogP contribution is 2.23. The number of aromatic nitrogens is 2. The van der Waals surface area contributed by atoms with Crippen molar-refractivity contribution in [1.82, 2.24) is 9.97 Å². The first-order valence-corrected chi connectivity index (χ1v) is 7.02. The molecule has 0 fully saturated rings. The van der Waals surface area contributed by atoms with Gasteiger partial charge in [0, 0.05) is 11.1 Å². The van der Waals surface area contributed by atoms with Crippen LogP contribution in [0.3, 0.4) is 0 Å². The van der Waals surface area contributed by atoms with Gasteiger partial charge < -0.3 is 14.8 Å². The van der Waals surface area contributed by atoms with E-state index in [4.69, 9.17) is 9.84 Å². The third-order valence-corrected chi connectivity index (χ3v) is 3.38. The standard InChI is InChI=1S/C17H16N2O3/c1-11(21)13-4-7-15-16(10-13)19-17(18-15)12-2-5-14(6-3-12)22-9-8-20/h2-7,10,20H,8-9H2,1H3,(H,18,19). The summed E-state index contributed by atoms with van der Waals surface area (Å²) >= 11 is 0. The van der Waals surface area contributed by atoms with Gasteiger partial charge in [-0.15, -0.1) is 0 Å². The van der Waals surface area contributed by atoms with Crippen LogP contribution >= 0.6 is 0 Å². The fourth-order valence-corrected chi connectivity index (χ4v) is 2.24. The Hall–Kier alpha value is -2.66. The minimum atomic E-state index is -0.0101. The van der Waals surface area contributed by atoms with Crippen LogP contribution < -0.4 is 4.74 Å². The molecule has 3 aromatic rings. The summed E-state index contributed by atoms with van der Waals surface area (Å²) < 4.78 is 5.33. The monoisotopic (exact) mass is 296 g/mol. The quantitative estimate of drug-likeness (QED) is 0.710. The summed E-state index contributed by atoms with van der Waals surface area (Å²) in [6.07, 6.45) is 0. The number of Topliss-reactive ketones (excluding diaryl/α,β-unsaturated/α-hetero) is 1. The van der Waals surface area contributed by atoms with Crippen molar-refractivity contribution in [2.24, 2.45) is 0 Å². The number of imidazole rings is 1. The van der Waals surface area contributed by atoms with Gasteiger partial charge in [0.15, 0.2) is 5.78 Å². The Morgan fingerprint density at radius 2 is 2.00 bits per heavy atom. The Morgan fingerprint density at radius 1 is 1.23 bits per heavy atom. The molecule has 0 radical (unpaired) electrons. The summed E-state index contributed by atoms with van der Waals surface area (Å²) in [4.78, 5) is 19.2. The second kappa shape index (κ2) is 5.99. The summed E-state index contributed by atoms with van der Waals surface area (Å²) in [5.74, 6) is 1.47. The van der Waals surface area contributed by atoms with Crippen molar-refractivity contribution in [3.8, 4) is 17.1 Å². The highest BCUT2D eigenvalue weighted by Gasteiger charge is 2.08. The van der Waals surface area contributed by atoms with Crippen LogP contribution in [0.1, 0.15) is 17.3 Å². The van der Waals surface area contributed by atoms with Crippen LogP contribution in [0, 0.1) is 0 Å². The largest absolute Gasteiger partial charge is 0.491 e. The van der Waals surface area contributed by atoms with Crippen LogP contribution in [0.2, 0.25) is 0 Å². The SMILES string of the molecule is CC(=O)c1ccc2nc(-c3ccc(OCCO)cc3)[nH]c2c1. The van der Waals surface area contributed by atoms with Crippen molar-refractivity contribution < 1.29 is 14.6 Å². The first kappa shape index (κ1) is 14.3. The normalized spacial score (nSPS) is 10.8. The molecule has 0 aliphatic rings. The van der Waals surface area contributed by atoms with E-state index in [1.54, 1.807) is 13.0 Å². The minimum Gasteiger partial charge on any atom is -0.491 e. The molecule has 0 spiro atoms. The van der Waals surface area contributed by atoms with Crippen LogP contribution in [0.5, 0.6) is 5.75 Å². The molecule has 1 heterocycles. The van der Waals surface area contributed by atoms with Crippen LogP contribution in [-0.2, 0) is 0 Å². The molecule has 2 aromatic carbocycles. The molecule has 2 N–H and O–H groups in total. The summed E-state index contributed by atoms with van der Waals surface area (Å²) in [5, 5.41) is 8.74. The van der Waals surface area contributed by atoms with E-state index in [1.165, 1.54) is 0 Å². The number of ketones is 1. The fraction of sp³-hybridized carbons (Fsp3) is 0.176. The summed E-state index contributed by atoms with van der Waals surface area (Å²) in [5.41, 5.74) is 3.25. The highest BCUT2D eigenvalue weighted by atomic mass is 16.5. The van der Waals surface area contributed by atoms with Crippen molar-refractivity contribution in [2.75, 3.05) is 13.2 Å². The van der Waals surface area contributed by atoms with Gasteiger partial charge in [-0.2, -0.15) is 0 Å². The lowest BCUT2D eigenvalue weighted by atomic mass is 10.1. The lowest BCUT2D eigenvalue weighted by molar-refractivity contribution is 0.101. The number of ether oxygens (including phenoxy) is 1. The predicted molar refractivity (Wildman–Crippen MR) is 84.1 cm³/mol. The Bertz CT molecular complexity index is 806. The number of fused-ring (bicyclic) bond motifs is 1. The van der Waals surface area contributed by atoms with Crippen LogP contribution in [0.15, 0.2) is 42.5 Å². The van der Waals surface area contributed by atoms with Gasteiger partial charge in [0.25, 0.3) is 0 Å². The Labute approximate surface area is 127 Å². The van der Waals surface area contributed by atoms with Crippen LogP contribution in [0.4, 0.5) is 0 Å². The number of hydrogen-bond acceptors (Lipinski definition) is 4. The molecule has 0 saturated carbocycles. The number of aromatic amines is 1. The third kappa shape index (κ3) is 2.84. The van der Waals surface area contributed by atoms with Gasteiger partial charge in [-0.3, -0.25) is 4.79 Å². The fourth-order valence-electron chi connectivity index (χ4n) is 2.24. The lowest BCUT2D eigenvalue weighted by Gasteiger charge is -2.04. The van der Waals surface area contributed by atoms with Crippen molar-refractivity contribution in [3.63, 3.8) is 0 Å². The number of hydrogen-bond donors (Lipinski definition) is 2. The number of aliphatic hydroxyl groups is 1. The van der Waals surface area contributed by atoms with E-state index in [1.807, 2.05) is 36.4 Å². The first-order valence-electron chi connectivity index (χ1n) is 7.02. The number of nitrogens with zero attached hydrogens (tertiary/aromatic N) is 1. The van der Waals surface area contributed by atoms with Gasteiger partial charge in [-0.05, 0) is 49.4 Å². The number of H-pyrrole nitrogens is 1. The molecule has 5 heteroatoms. The average molecular weight is 296 g/mol. The molecule has 0 saturated heterocycles. The second-order valence-corrected chi connectivity index (χ2v) is 4.97. The maximum atomic E-state index is 11.4. The van der Waals surface area contributed by atoms with Gasteiger partial charge in [-0.1, -0.05) is 0 Å². The zero-order chi connectivity index (χ0) is 15.5. The van der Waals surface area contributed by atoms with Crippen molar-refractivity contribution in [1.29, 1.82) is 0 Å². The van der Waals surface area contributed by atoms with E-state index in [9.17, 15) is 4.79 Å². The van der Waals surface area contributed by atoms with E-state index in [0.29, 0.717) is 11.3 Å². The molecule has 3 rings (SSSR count). The summed E-state index contributed by atoms with van der Waals surface area (Å²) in [6, 6.07) is 12.9. The molecular formula is C17H16N2O3. The third-order valence-electron chi connectivity index (χ3n) is 3.38. The Kier molecular flexibility index (Phi) is 3.89. The number of carbonyl (C=O) groups excluding carboxylic acids is 1. The molecule has 0 amide bonds. The maximum Gasteiger partial charge on any atom is 0.159 e. The van der Waals surface area contributed by atoms with E-state index >= 15 is 0 Å². The van der Waals surface area contributed by atoms with Crippen LogP contribution in [0.25, 0.3) is 22.4 Å². The van der Waals surface area contributed by atoms with Gasteiger partial charge in [0.1, 0.15) is 18.2 Å². The topological polar surface area (TPSA) is 75.2 Å². The molecule has 0 atom stereocenters. The Morgan fingerprint density at radius 3 is 2.68 bits per heavy atom. The molecule has 0 bridgehead atoms. The summed E-state index contributed by atoms with van der Waals surface area (Å²) in [7, 11) is 0. The zero-order valence-electron chi connectivity index (χ0n) is 12.2. The maximum absolute atomic E-state index is 11.4. The second-order valence-electron chi connectivity index (χ2n) is 4.97. The van der Waals surface area contributed by atoms with Crippen molar-refractivity contribution in [2.45, 2.75) is 6.92 Å². The summed E-state index contributed by atoms with van der Waals surface area (Å²) in [6.45, 7) is 1.81. The molecule has 0 aliphatic heterocycles. The first-order chi connectivity index (χ1) is 10.7. The molecular weight excluding hydrogens is 280 g/mol. The Balaban J connectivity index is 1.91. The number of benzene rings is 2. The lowest BCUT2D eigenvalue weighted by Crippen LogP contribution is -2.01. The van der Waals surface area contributed by atoms with Gasteiger partial charge in [-0.25, -0.2) is 4.98 Å². The minimum absolute atomic E-state index is 0.0101. The van der Waals surface area contributed by atoms with E-state index in [0.717, 1.165) is 22.4 Å². The van der Waals surface area contributed by atoms with Gasteiger partial charge in [0.2, 0.25) is 0 Å². The molecule has 22 heavy (non-hydrogen) atoms. The predicted octanol–water partition coefficient (Wildman–Crippen LogP) is 2.80. The number of rotatable bonds is 5. The molecule has 112 valence electrons. The average Bonchev–Trinajstić information content (AvgIpc) is 2.96. The number of carbonyl (C=O) groups is 1. The van der Waals surface area contributed by atoms with Crippen LogP contribution in [-0.4, -0.2) is 34.1 Å². The van der Waals surface area contributed by atoms with E-state index in [-0.39, 0.29) is 19.0 Å². The molecule has 5 nitrogen and oxygen atoms in total. The van der Waals surface area contributed by atoms with Gasteiger partial charge >= 0.3 is 0 Å². The molecule has 0 unspecified atom stereocenters. The smallest absolute Gasteiger partial charge is 0.159 e. The number of aliphatic hydroxyl groups excluding tert-OH is 1. The van der Waals surface area contributed by atoms with Gasteiger partial charge in [0.05, 0.1) is 17.6 Å². The van der Waals surface area contributed by atoms with E-state index in [2.05, 4.69) is 9.97 Å². The molecule has 1 aromatic heterocycles.